The van der Waals surface area contributed by atoms with Gasteiger partial charge in [0.05, 0.1) is 0 Å². The Balaban J connectivity index is 0.00000120. The summed E-state index contributed by atoms with van der Waals surface area (Å²) in [5, 5.41) is 0. The Morgan fingerprint density at radius 3 is 0.676 bits per heavy atom. The predicted molar refractivity (Wildman–Crippen MR) is 119 cm³/mol. The molecule has 0 aliphatic carbocycles. The van der Waals surface area contributed by atoms with E-state index in [4.69, 9.17) is 75.9 Å². The Bertz CT molecular complexity index is 1020. The zero-order valence-electron chi connectivity index (χ0n) is 17.3. The third-order valence-corrected chi connectivity index (χ3v) is 13.9. The lowest BCUT2D eigenvalue weighted by Gasteiger charge is -2.41. The molecule has 1 rings (SSSR count). The summed E-state index contributed by atoms with van der Waals surface area (Å²) in [4.78, 5) is 118. The lowest BCUT2D eigenvalue weighted by atomic mass is 10.9. The molecule has 25 nitrogen and oxygen atoms in total. The zero-order valence-corrected chi connectivity index (χ0v) is 22.6. The highest BCUT2D eigenvalue weighted by molar-refractivity contribution is 7.74. The second kappa shape index (κ2) is 11.8. The van der Waals surface area contributed by atoms with E-state index in [0.29, 0.717) is 0 Å². The average molecular weight is 665 g/mol. The fraction of sp³-hybridized carbons (Fsp3) is 0.500. The minimum atomic E-state index is -6.55. The van der Waals surface area contributed by atoms with Crippen LogP contribution in [0, 0.1) is 0 Å². The fourth-order valence-corrected chi connectivity index (χ4v) is 12.1. The SMILES string of the molecule is Nc1nc(N)nc(N)n1.O=P(O)(O)C(N(C(P(=O)(O)O)P(=O)(O)O)C(P(=O)(O)O)P(=O)(O)O)P(=O)(O)O. The zero-order chi connectivity index (χ0) is 30.2. The molecule has 0 spiro atoms. The highest BCUT2D eigenvalue weighted by atomic mass is 31.3. The summed E-state index contributed by atoms with van der Waals surface area (Å²) in [6, 6.07) is 0. The van der Waals surface area contributed by atoms with Crippen molar-refractivity contribution in [2.45, 2.75) is 16.6 Å². The number of aromatic nitrogens is 3. The second-order valence-corrected chi connectivity index (χ2v) is 17.7. The number of anilines is 3. The first-order valence-corrected chi connectivity index (χ1v) is 18.1. The number of hydrogen-bond donors (Lipinski definition) is 15. The summed E-state index contributed by atoms with van der Waals surface area (Å²) in [6.07, 6.45) is 0. The Kier molecular flexibility index (Phi) is 11.6. The van der Waals surface area contributed by atoms with Crippen molar-refractivity contribution >= 4 is 63.4 Å². The van der Waals surface area contributed by atoms with Gasteiger partial charge in [0.2, 0.25) is 34.4 Å². The predicted octanol–water partition coefficient (Wildman–Crippen LogP) is -4.18. The summed E-state index contributed by atoms with van der Waals surface area (Å²) in [6.45, 7) is 0. The molecule has 1 aromatic rings. The minimum absolute atomic E-state index is 0.0417. The number of rotatable bonds is 9. The van der Waals surface area contributed by atoms with E-state index in [1.165, 1.54) is 0 Å². The third-order valence-electron chi connectivity index (χ3n) is 3.29. The summed E-state index contributed by atoms with van der Waals surface area (Å²) < 4.78 is 68.9. The van der Waals surface area contributed by atoms with Gasteiger partial charge in [-0.25, -0.2) is 4.90 Å². The molecule has 0 aliphatic heterocycles. The van der Waals surface area contributed by atoms with Crippen LogP contribution in [0.25, 0.3) is 0 Å². The van der Waals surface area contributed by atoms with Gasteiger partial charge in [0.1, 0.15) is 0 Å². The molecule has 0 saturated carbocycles. The largest absolute Gasteiger partial charge is 0.368 e. The molecule has 0 bridgehead atoms. The maximum Gasteiger partial charge on any atom is 0.355 e. The summed E-state index contributed by atoms with van der Waals surface area (Å²) in [5.41, 5.74) is 2.90. The van der Waals surface area contributed by atoms with Crippen LogP contribution in [0.2, 0.25) is 0 Å². The molecule has 0 radical (unpaired) electrons. The maximum absolute atomic E-state index is 11.5. The Morgan fingerprint density at radius 1 is 0.432 bits per heavy atom. The van der Waals surface area contributed by atoms with E-state index in [-0.39, 0.29) is 17.8 Å². The summed E-state index contributed by atoms with van der Waals surface area (Å²) >= 11 is 0. The van der Waals surface area contributed by atoms with Crippen LogP contribution in [0.5, 0.6) is 0 Å². The number of nitrogens with zero attached hydrogens (tertiary/aromatic N) is 4. The standard InChI is InChI=1S/C3H6N6.C3H15NO18P6/c4-1-7-2(5)9-3(6)8-1;5-23(6,7)1(24(8,9)10)4(2(25(11,12)13)26(14,15)16)3(27(17,18)19)28(20,21)22/h(H6,4,5,6,7,8,9);1-3H,(H2,5,6,7)(H2,8,9,10)(H2,11,12,13)(H2,14,15,16)(H2,17,18,19)(H2,20,21,22). The normalized spacial score (nSPS) is 14.3. The molecule has 0 amide bonds. The van der Waals surface area contributed by atoms with Gasteiger partial charge < -0.3 is 75.9 Å². The van der Waals surface area contributed by atoms with Crippen molar-refractivity contribution < 1.29 is 86.1 Å². The van der Waals surface area contributed by atoms with E-state index in [1.54, 1.807) is 0 Å². The van der Waals surface area contributed by atoms with Gasteiger partial charge in [0.15, 0.2) is 0 Å². The summed E-state index contributed by atoms with van der Waals surface area (Å²) in [7, 11) is -39.3. The van der Waals surface area contributed by atoms with Crippen molar-refractivity contribution in [3.8, 4) is 0 Å². The van der Waals surface area contributed by atoms with E-state index in [9.17, 15) is 27.4 Å². The van der Waals surface area contributed by atoms with E-state index in [2.05, 4.69) is 15.0 Å². The van der Waals surface area contributed by atoms with Crippen LogP contribution in [0.1, 0.15) is 0 Å². The molecule has 31 heteroatoms. The molecular weight excluding hydrogens is 644 g/mol. The van der Waals surface area contributed by atoms with Gasteiger partial charge in [-0.2, -0.15) is 15.0 Å². The van der Waals surface area contributed by atoms with Gasteiger partial charge in [0, 0.05) is 0 Å². The molecule has 1 aromatic heterocycles. The second-order valence-electron chi connectivity index (χ2n) is 6.43. The lowest BCUT2D eigenvalue weighted by molar-refractivity contribution is 0.184. The fourth-order valence-electron chi connectivity index (χ4n) is 2.41. The molecule has 0 saturated heterocycles. The monoisotopic (exact) mass is 665 g/mol. The molecule has 0 aliphatic rings. The smallest absolute Gasteiger partial charge is 0.355 e. The molecule has 37 heavy (non-hydrogen) atoms. The maximum atomic E-state index is 11.5. The number of nitrogen functional groups attached to an aromatic ring is 3. The summed E-state index contributed by atoms with van der Waals surface area (Å²) in [5.74, 6) is 0.125. The molecular formula is C6H21N7O18P6. The number of hydrogen-bond acceptors (Lipinski definition) is 13. The van der Waals surface area contributed by atoms with Gasteiger partial charge in [-0.05, 0) is 0 Å². The first-order chi connectivity index (χ1) is 15.9. The van der Waals surface area contributed by atoms with Gasteiger partial charge in [-0.15, -0.1) is 0 Å². The lowest BCUT2D eigenvalue weighted by Crippen LogP contribution is -2.48. The average Bonchev–Trinajstić information content (AvgIpc) is 2.44. The molecule has 218 valence electrons. The molecule has 0 fully saturated rings. The van der Waals surface area contributed by atoms with Crippen molar-refractivity contribution in [1.82, 2.24) is 19.9 Å². The van der Waals surface area contributed by atoms with Crippen molar-refractivity contribution in [1.29, 1.82) is 0 Å². The Labute approximate surface area is 203 Å². The first kappa shape index (κ1) is 36.3. The van der Waals surface area contributed by atoms with E-state index in [1.807, 2.05) is 0 Å². The van der Waals surface area contributed by atoms with E-state index < -0.39 is 67.0 Å². The quantitative estimate of drug-likeness (QED) is 0.111. The van der Waals surface area contributed by atoms with Gasteiger partial charge in [0.25, 0.3) is 0 Å². The molecule has 0 aromatic carbocycles. The molecule has 18 N–H and O–H groups in total. The van der Waals surface area contributed by atoms with Crippen LogP contribution < -0.4 is 17.2 Å². The van der Waals surface area contributed by atoms with Crippen molar-refractivity contribution in [3.05, 3.63) is 0 Å². The van der Waals surface area contributed by atoms with Crippen molar-refractivity contribution in [2.24, 2.45) is 0 Å². The first-order valence-electron chi connectivity index (χ1n) is 8.03. The Morgan fingerprint density at radius 2 is 0.568 bits per heavy atom. The minimum Gasteiger partial charge on any atom is -0.368 e. The number of nitrogens with two attached hydrogens (primary N) is 3. The van der Waals surface area contributed by atoms with Gasteiger partial charge in [-0.3, -0.25) is 27.4 Å². The third kappa shape index (κ3) is 11.1. The molecule has 1 heterocycles. The van der Waals surface area contributed by atoms with Gasteiger partial charge in [-0.1, -0.05) is 0 Å². The van der Waals surface area contributed by atoms with Crippen LogP contribution >= 0.6 is 45.6 Å². The highest BCUT2D eigenvalue weighted by Crippen LogP contribution is 2.74. The Hall–Kier alpha value is -0.730. The van der Waals surface area contributed by atoms with Gasteiger partial charge >= 0.3 is 45.6 Å². The van der Waals surface area contributed by atoms with Crippen LogP contribution in [-0.2, 0) is 27.4 Å². The van der Waals surface area contributed by atoms with Crippen molar-refractivity contribution in [2.75, 3.05) is 17.2 Å². The topological polar surface area (TPSA) is 465 Å². The van der Waals surface area contributed by atoms with Crippen molar-refractivity contribution in [3.63, 3.8) is 0 Å². The van der Waals surface area contributed by atoms with Crippen LogP contribution in [0.4, 0.5) is 17.8 Å². The van der Waals surface area contributed by atoms with Crippen LogP contribution in [0.3, 0.4) is 0 Å². The van der Waals surface area contributed by atoms with Crippen LogP contribution in [-0.4, -0.2) is 95.1 Å². The van der Waals surface area contributed by atoms with E-state index >= 15 is 0 Å². The van der Waals surface area contributed by atoms with Crippen LogP contribution in [0.15, 0.2) is 0 Å². The molecule has 0 unspecified atom stereocenters. The van der Waals surface area contributed by atoms with E-state index in [0.717, 1.165) is 0 Å². The highest BCUT2D eigenvalue weighted by Gasteiger charge is 2.66. The molecule has 0 atom stereocenters.